The summed E-state index contributed by atoms with van der Waals surface area (Å²) in [6, 6.07) is 7.08. The van der Waals surface area contributed by atoms with Crippen molar-refractivity contribution in [3.63, 3.8) is 0 Å². The first-order valence-corrected chi connectivity index (χ1v) is 9.53. The van der Waals surface area contributed by atoms with Crippen LogP contribution >= 0.6 is 0 Å². The lowest BCUT2D eigenvalue weighted by Gasteiger charge is -2.47. The molecule has 3 rings (SSSR count). The van der Waals surface area contributed by atoms with Crippen molar-refractivity contribution >= 4 is 10.0 Å². The predicted octanol–water partition coefficient (Wildman–Crippen LogP) is 2.96. The Labute approximate surface area is 133 Å². The van der Waals surface area contributed by atoms with Crippen LogP contribution in [0.25, 0.3) is 0 Å². The minimum Gasteiger partial charge on any atom is -0.368 e. The van der Waals surface area contributed by atoms with Gasteiger partial charge in [-0.3, -0.25) is 0 Å². The molecule has 1 saturated carbocycles. The Morgan fingerprint density at radius 1 is 1.32 bits per heavy atom. The number of ether oxygens (including phenoxy) is 1. The third-order valence-corrected chi connectivity index (χ3v) is 6.98. The quantitative estimate of drug-likeness (QED) is 0.756. The molecule has 5 heteroatoms. The zero-order valence-electron chi connectivity index (χ0n) is 13.6. The first kappa shape index (κ1) is 16.0. The van der Waals surface area contributed by atoms with Gasteiger partial charge in [0.15, 0.2) is 0 Å². The Morgan fingerprint density at radius 3 is 2.50 bits per heavy atom. The Bertz CT molecular complexity index is 634. The maximum atomic E-state index is 12.9. The molecule has 3 atom stereocenters. The third kappa shape index (κ3) is 2.59. The van der Waals surface area contributed by atoms with Crippen molar-refractivity contribution in [3.8, 4) is 0 Å². The molecule has 1 aromatic rings. The van der Waals surface area contributed by atoms with E-state index in [0.29, 0.717) is 17.4 Å². The second-order valence-electron chi connectivity index (χ2n) is 6.74. The van der Waals surface area contributed by atoms with Crippen LogP contribution in [0.15, 0.2) is 29.2 Å². The van der Waals surface area contributed by atoms with E-state index in [0.717, 1.165) is 31.2 Å². The molecule has 1 unspecified atom stereocenters. The third-order valence-electron chi connectivity index (χ3n) is 5.13. The molecule has 4 nitrogen and oxygen atoms in total. The topological polar surface area (TPSA) is 49.9 Å². The number of hydrogen-bond donors (Lipinski definition) is 0. The molecule has 1 aromatic carbocycles. The molecule has 1 spiro atoms. The van der Waals surface area contributed by atoms with Crippen LogP contribution in [-0.2, 0) is 14.8 Å². The van der Waals surface area contributed by atoms with Crippen LogP contribution in [0.5, 0.6) is 0 Å². The number of likely N-dealkylation sites (N-methyl/N-ethyl adjacent to an activating group) is 1. The lowest BCUT2D eigenvalue weighted by Crippen LogP contribution is -2.60. The van der Waals surface area contributed by atoms with Crippen LogP contribution in [0.2, 0.25) is 0 Å². The van der Waals surface area contributed by atoms with E-state index in [1.54, 1.807) is 23.5 Å². The summed E-state index contributed by atoms with van der Waals surface area (Å²) in [6.45, 7) is 4.83. The Kier molecular flexibility index (Phi) is 4.08. The van der Waals surface area contributed by atoms with Crippen molar-refractivity contribution < 1.29 is 13.2 Å². The summed E-state index contributed by atoms with van der Waals surface area (Å²) < 4.78 is 32.9. The van der Waals surface area contributed by atoms with Gasteiger partial charge in [-0.1, -0.05) is 37.5 Å². The number of aryl methyl sites for hydroxylation is 1. The first-order chi connectivity index (χ1) is 10.4. The van der Waals surface area contributed by atoms with Crippen LogP contribution in [-0.4, -0.2) is 38.0 Å². The molecule has 0 aromatic heterocycles. The number of nitrogens with zero attached hydrogens (tertiary/aromatic N) is 1. The van der Waals surface area contributed by atoms with E-state index >= 15 is 0 Å². The molecule has 1 aliphatic carbocycles. The fraction of sp³-hybridized carbons (Fsp3) is 0.647. The molecule has 0 N–H and O–H groups in total. The number of sulfonamides is 1. The Morgan fingerprint density at radius 2 is 1.95 bits per heavy atom. The van der Waals surface area contributed by atoms with Gasteiger partial charge in [0.05, 0.1) is 17.5 Å². The minimum absolute atomic E-state index is 0.00893. The highest BCUT2D eigenvalue weighted by Crippen LogP contribution is 2.54. The van der Waals surface area contributed by atoms with Gasteiger partial charge in [-0.05, 0) is 37.8 Å². The molecule has 122 valence electrons. The molecule has 2 aliphatic rings. The van der Waals surface area contributed by atoms with Crippen LogP contribution < -0.4 is 0 Å². The maximum Gasteiger partial charge on any atom is 0.243 e. The molecule has 2 fully saturated rings. The second-order valence-corrected chi connectivity index (χ2v) is 8.74. The van der Waals surface area contributed by atoms with E-state index in [4.69, 9.17) is 4.74 Å². The van der Waals surface area contributed by atoms with Gasteiger partial charge in [-0.25, -0.2) is 8.42 Å². The fourth-order valence-corrected chi connectivity index (χ4v) is 5.18. The number of benzene rings is 1. The van der Waals surface area contributed by atoms with E-state index in [1.165, 1.54) is 0 Å². The molecular formula is C17H25NO3S. The number of rotatable bonds is 6. The van der Waals surface area contributed by atoms with Crippen LogP contribution in [0.4, 0.5) is 0 Å². The summed E-state index contributed by atoms with van der Waals surface area (Å²) >= 11 is 0. The molecule has 0 amide bonds. The van der Waals surface area contributed by atoms with E-state index in [9.17, 15) is 8.42 Å². The van der Waals surface area contributed by atoms with E-state index in [-0.39, 0.29) is 11.6 Å². The van der Waals surface area contributed by atoms with Gasteiger partial charge in [0.2, 0.25) is 10.0 Å². The Balaban J connectivity index is 1.82. The average molecular weight is 323 g/mol. The van der Waals surface area contributed by atoms with E-state index < -0.39 is 10.0 Å². The monoisotopic (exact) mass is 323 g/mol. The first-order valence-electron chi connectivity index (χ1n) is 8.09. The zero-order valence-corrected chi connectivity index (χ0v) is 14.4. The molecular weight excluding hydrogens is 298 g/mol. The second kappa shape index (κ2) is 5.62. The largest absolute Gasteiger partial charge is 0.368 e. The maximum absolute atomic E-state index is 12.9. The summed E-state index contributed by atoms with van der Waals surface area (Å²) in [6.07, 6.45) is 4.38. The SMILES string of the molecule is CCCC[C@@H]1CC2(CO2)[C@H]1N(C)S(=O)(=O)c1ccc(C)cc1. The van der Waals surface area contributed by atoms with Gasteiger partial charge in [0.25, 0.3) is 0 Å². The highest BCUT2D eigenvalue weighted by atomic mass is 32.2. The summed E-state index contributed by atoms with van der Waals surface area (Å²) in [5.74, 6) is 0.424. The van der Waals surface area contributed by atoms with Crippen molar-refractivity contribution in [2.75, 3.05) is 13.7 Å². The summed E-state index contributed by atoms with van der Waals surface area (Å²) in [4.78, 5) is 0.373. The van der Waals surface area contributed by atoms with Gasteiger partial charge in [0, 0.05) is 7.05 Å². The van der Waals surface area contributed by atoms with Gasteiger partial charge < -0.3 is 4.74 Å². The standard InChI is InChI=1S/C17H25NO3S/c1-4-5-6-14-11-17(12-21-17)16(14)18(3)22(19,20)15-9-7-13(2)8-10-15/h7-10,14,16H,4-6,11-12H2,1-3H3/t14-,16+,17?/m1/s1. The normalized spacial score (nSPS) is 30.5. The number of hydrogen-bond acceptors (Lipinski definition) is 3. The van der Waals surface area contributed by atoms with Crippen LogP contribution in [0, 0.1) is 12.8 Å². The van der Waals surface area contributed by atoms with Crippen molar-refractivity contribution in [1.29, 1.82) is 0 Å². The summed E-state index contributed by atoms with van der Waals surface area (Å²) in [5.41, 5.74) is 0.873. The van der Waals surface area contributed by atoms with Crippen LogP contribution in [0.1, 0.15) is 38.2 Å². The lowest BCUT2D eigenvalue weighted by atomic mass is 9.67. The average Bonchev–Trinajstić information content (AvgIpc) is 3.26. The molecule has 1 heterocycles. The lowest BCUT2D eigenvalue weighted by molar-refractivity contribution is 0.0188. The van der Waals surface area contributed by atoms with Crippen molar-refractivity contribution in [2.45, 2.75) is 56.1 Å². The highest BCUT2D eigenvalue weighted by Gasteiger charge is 2.66. The summed E-state index contributed by atoms with van der Waals surface area (Å²) in [5, 5.41) is 0. The zero-order chi connectivity index (χ0) is 16.0. The minimum atomic E-state index is -3.45. The fourth-order valence-electron chi connectivity index (χ4n) is 3.71. The number of unbranched alkanes of at least 4 members (excludes halogenated alkanes) is 1. The molecule has 0 bridgehead atoms. The Hall–Kier alpha value is -0.910. The smallest absolute Gasteiger partial charge is 0.243 e. The van der Waals surface area contributed by atoms with Gasteiger partial charge in [-0.15, -0.1) is 0 Å². The van der Waals surface area contributed by atoms with Crippen molar-refractivity contribution in [3.05, 3.63) is 29.8 Å². The highest BCUT2D eigenvalue weighted by molar-refractivity contribution is 7.89. The number of epoxide rings is 1. The molecule has 1 saturated heterocycles. The molecule has 0 radical (unpaired) electrons. The summed E-state index contributed by atoms with van der Waals surface area (Å²) in [7, 11) is -1.74. The molecule has 22 heavy (non-hydrogen) atoms. The van der Waals surface area contributed by atoms with Gasteiger partial charge >= 0.3 is 0 Å². The van der Waals surface area contributed by atoms with E-state index in [1.807, 2.05) is 19.1 Å². The van der Waals surface area contributed by atoms with Crippen molar-refractivity contribution in [2.24, 2.45) is 5.92 Å². The van der Waals surface area contributed by atoms with Gasteiger partial charge in [0.1, 0.15) is 5.60 Å². The van der Waals surface area contributed by atoms with Gasteiger partial charge in [-0.2, -0.15) is 4.31 Å². The molecule has 1 aliphatic heterocycles. The van der Waals surface area contributed by atoms with E-state index in [2.05, 4.69) is 6.92 Å². The van der Waals surface area contributed by atoms with Crippen molar-refractivity contribution in [1.82, 2.24) is 4.31 Å². The van der Waals surface area contributed by atoms with Crippen LogP contribution in [0.3, 0.4) is 0 Å². The predicted molar refractivity (Wildman–Crippen MR) is 86.2 cm³/mol.